The van der Waals surface area contributed by atoms with Gasteiger partial charge < -0.3 is 5.73 Å². The third-order valence-corrected chi connectivity index (χ3v) is 2.52. The first kappa shape index (κ1) is 12.7. The second-order valence-corrected chi connectivity index (χ2v) is 3.77. The van der Waals surface area contributed by atoms with Crippen LogP contribution in [0, 0.1) is 18.2 Å². The van der Waals surface area contributed by atoms with Gasteiger partial charge >= 0.3 is 0 Å². The van der Waals surface area contributed by atoms with Crippen molar-refractivity contribution in [2.75, 3.05) is 0 Å². The fourth-order valence-corrected chi connectivity index (χ4v) is 1.48. The summed E-state index contributed by atoms with van der Waals surface area (Å²) in [5.41, 5.74) is 5.69. The van der Waals surface area contributed by atoms with Crippen molar-refractivity contribution in [1.82, 2.24) is 0 Å². The molecule has 4 heteroatoms. The van der Waals surface area contributed by atoms with E-state index < -0.39 is 11.9 Å². The average Bonchev–Trinajstić information content (AvgIpc) is 2.23. The first-order valence-corrected chi connectivity index (χ1v) is 5.08. The summed E-state index contributed by atoms with van der Waals surface area (Å²) in [4.78, 5) is 11.6. The molecule has 0 amide bonds. The van der Waals surface area contributed by atoms with Gasteiger partial charge in [-0.05, 0) is 12.1 Å². The lowest BCUT2D eigenvalue weighted by Crippen LogP contribution is -2.31. The Balaban J connectivity index is 2.82. The van der Waals surface area contributed by atoms with Crippen molar-refractivity contribution < 1.29 is 9.18 Å². The van der Waals surface area contributed by atoms with Crippen LogP contribution < -0.4 is 5.73 Å². The van der Waals surface area contributed by atoms with Gasteiger partial charge in [0.25, 0.3) is 0 Å². The van der Waals surface area contributed by atoms with Gasteiger partial charge in [0.2, 0.25) is 0 Å². The van der Waals surface area contributed by atoms with E-state index in [9.17, 15) is 9.18 Å². The monoisotopic (exact) mass is 239 g/mol. The third kappa shape index (κ3) is 3.06. The Bertz CT molecular complexity index is 419. The summed E-state index contributed by atoms with van der Waals surface area (Å²) in [6.07, 6.45) is 5.05. The summed E-state index contributed by atoms with van der Waals surface area (Å²) >= 11 is 5.78. The molecule has 0 saturated carbocycles. The first-order chi connectivity index (χ1) is 7.56. The quantitative estimate of drug-likeness (QED) is 0.816. The lowest BCUT2D eigenvalue weighted by Gasteiger charge is -2.09. The summed E-state index contributed by atoms with van der Waals surface area (Å²) in [6, 6.07) is 3.49. The molecule has 1 unspecified atom stereocenters. The van der Waals surface area contributed by atoms with Crippen molar-refractivity contribution >= 4 is 17.4 Å². The molecule has 16 heavy (non-hydrogen) atoms. The fourth-order valence-electron chi connectivity index (χ4n) is 1.25. The van der Waals surface area contributed by atoms with Gasteiger partial charge in [-0.1, -0.05) is 17.7 Å². The van der Waals surface area contributed by atoms with E-state index in [2.05, 4.69) is 5.92 Å². The molecule has 0 fully saturated rings. The van der Waals surface area contributed by atoms with Gasteiger partial charge in [0.05, 0.1) is 6.04 Å². The third-order valence-electron chi connectivity index (χ3n) is 2.16. The maximum Gasteiger partial charge on any atom is 0.155 e. The summed E-state index contributed by atoms with van der Waals surface area (Å²) in [6.45, 7) is 0. The maximum atomic E-state index is 13.3. The summed E-state index contributed by atoms with van der Waals surface area (Å²) in [5, 5.41) is 0.223. The van der Waals surface area contributed by atoms with Gasteiger partial charge in [-0.25, -0.2) is 4.39 Å². The molecular weight excluding hydrogens is 229 g/mol. The highest BCUT2D eigenvalue weighted by Crippen LogP contribution is 2.20. The number of terminal acetylenes is 1. The van der Waals surface area contributed by atoms with E-state index >= 15 is 0 Å². The van der Waals surface area contributed by atoms with Crippen LogP contribution in [0.15, 0.2) is 18.2 Å². The highest BCUT2D eigenvalue weighted by molar-refractivity contribution is 6.31. The molecule has 84 valence electrons. The van der Waals surface area contributed by atoms with E-state index in [-0.39, 0.29) is 29.2 Å². The Morgan fingerprint density at radius 3 is 2.88 bits per heavy atom. The average molecular weight is 240 g/mol. The zero-order valence-electron chi connectivity index (χ0n) is 8.54. The molecule has 0 aliphatic carbocycles. The number of ketones is 1. The van der Waals surface area contributed by atoms with Gasteiger partial charge in [0.1, 0.15) is 5.82 Å². The minimum atomic E-state index is -0.763. The topological polar surface area (TPSA) is 43.1 Å². The Kier molecular flexibility index (Phi) is 4.48. The molecule has 0 aliphatic heterocycles. The molecule has 0 bridgehead atoms. The van der Waals surface area contributed by atoms with Crippen molar-refractivity contribution in [2.24, 2.45) is 5.73 Å². The Morgan fingerprint density at radius 2 is 2.31 bits per heavy atom. The molecule has 1 atom stereocenters. The van der Waals surface area contributed by atoms with Crippen LogP contribution in [0.2, 0.25) is 5.02 Å². The van der Waals surface area contributed by atoms with Crippen LogP contribution in [-0.2, 0) is 11.2 Å². The van der Waals surface area contributed by atoms with Gasteiger partial charge in [-0.15, -0.1) is 12.3 Å². The molecule has 1 aromatic rings. The van der Waals surface area contributed by atoms with Crippen LogP contribution in [0.25, 0.3) is 0 Å². The number of halogens is 2. The predicted octanol–water partition coefficient (Wildman–Crippen LogP) is 1.94. The minimum Gasteiger partial charge on any atom is -0.321 e. The summed E-state index contributed by atoms with van der Waals surface area (Å²) in [7, 11) is 0. The van der Waals surface area contributed by atoms with E-state index in [0.29, 0.717) is 0 Å². The molecular formula is C12H11ClFNO. The van der Waals surface area contributed by atoms with Crippen LogP contribution in [0.5, 0.6) is 0 Å². The second-order valence-electron chi connectivity index (χ2n) is 3.36. The molecule has 1 aromatic carbocycles. The smallest absolute Gasteiger partial charge is 0.155 e. The van der Waals surface area contributed by atoms with E-state index in [0.717, 1.165) is 0 Å². The van der Waals surface area contributed by atoms with Crippen LogP contribution in [0.1, 0.15) is 12.0 Å². The number of hydrogen-bond acceptors (Lipinski definition) is 2. The number of nitrogens with two attached hydrogens (primary N) is 1. The van der Waals surface area contributed by atoms with Crippen LogP contribution >= 0.6 is 11.6 Å². The minimum absolute atomic E-state index is 0.131. The number of carbonyl (C=O) groups is 1. The lowest BCUT2D eigenvalue weighted by molar-refractivity contribution is -0.119. The SMILES string of the molecule is C#CCC(N)C(=O)Cc1c(F)cccc1Cl. The molecule has 0 saturated heterocycles. The molecule has 0 spiro atoms. The number of rotatable bonds is 4. The zero-order chi connectivity index (χ0) is 12.1. The van der Waals surface area contributed by atoms with Gasteiger partial charge in [-0.3, -0.25) is 4.79 Å². The van der Waals surface area contributed by atoms with Gasteiger partial charge in [0.15, 0.2) is 5.78 Å². The normalized spacial score (nSPS) is 11.9. The molecule has 1 rings (SSSR count). The Hall–Kier alpha value is -1.37. The van der Waals surface area contributed by atoms with Gasteiger partial charge in [-0.2, -0.15) is 0 Å². The largest absolute Gasteiger partial charge is 0.321 e. The van der Waals surface area contributed by atoms with E-state index in [1.807, 2.05) is 0 Å². The van der Waals surface area contributed by atoms with E-state index in [1.165, 1.54) is 18.2 Å². The number of carbonyl (C=O) groups excluding carboxylic acids is 1. The van der Waals surface area contributed by atoms with Crippen molar-refractivity contribution in [3.8, 4) is 12.3 Å². The van der Waals surface area contributed by atoms with Crippen molar-refractivity contribution in [2.45, 2.75) is 18.9 Å². The van der Waals surface area contributed by atoms with E-state index in [4.69, 9.17) is 23.8 Å². The molecule has 0 heterocycles. The Labute approximate surface area is 98.6 Å². The summed E-state index contributed by atoms with van der Waals surface area (Å²) < 4.78 is 13.3. The Morgan fingerprint density at radius 1 is 1.62 bits per heavy atom. The number of Topliss-reactive ketones (excluding diaryl/α,β-unsaturated/α-hetero) is 1. The highest BCUT2D eigenvalue weighted by atomic mass is 35.5. The van der Waals surface area contributed by atoms with E-state index in [1.54, 1.807) is 0 Å². The molecule has 0 radical (unpaired) electrons. The molecule has 0 aromatic heterocycles. The zero-order valence-corrected chi connectivity index (χ0v) is 9.30. The summed E-state index contributed by atoms with van der Waals surface area (Å²) in [5.74, 6) is 1.47. The highest BCUT2D eigenvalue weighted by Gasteiger charge is 2.16. The van der Waals surface area contributed by atoms with Crippen LogP contribution in [0.3, 0.4) is 0 Å². The van der Waals surface area contributed by atoms with Crippen LogP contribution in [0.4, 0.5) is 4.39 Å². The van der Waals surface area contributed by atoms with Crippen molar-refractivity contribution in [3.05, 3.63) is 34.6 Å². The predicted molar refractivity (Wildman–Crippen MR) is 61.5 cm³/mol. The molecule has 2 nitrogen and oxygen atoms in total. The van der Waals surface area contributed by atoms with Crippen LogP contribution in [-0.4, -0.2) is 11.8 Å². The van der Waals surface area contributed by atoms with Crippen molar-refractivity contribution in [1.29, 1.82) is 0 Å². The second kappa shape index (κ2) is 5.64. The number of benzene rings is 1. The number of hydrogen-bond donors (Lipinski definition) is 1. The molecule has 2 N–H and O–H groups in total. The maximum absolute atomic E-state index is 13.3. The molecule has 0 aliphatic rings. The van der Waals surface area contributed by atoms with Gasteiger partial charge in [0, 0.05) is 23.4 Å². The lowest BCUT2D eigenvalue weighted by atomic mass is 10.0. The first-order valence-electron chi connectivity index (χ1n) is 4.71. The fraction of sp³-hybridized carbons (Fsp3) is 0.250. The standard InChI is InChI=1S/C12H11ClFNO/c1-2-4-11(15)12(16)7-8-9(13)5-3-6-10(8)14/h1,3,5-6,11H,4,7,15H2. The van der Waals surface area contributed by atoms with Crippen molar-refractivity contribution in [3.63, 3.8) is 0 Å².